The predicted molar refractivity (Wildman–Crippen MR) is 58.3 cm³/mol. The molecule has 0 N–H and O–H groups in total. The highest BCUT2D eigenvalue weighted by Gasteiger charge is 2.11. The van der Waals surface area contributed by atoms with E-state index < -0.39 is 0 Å². The molecule has 0 aliphatic carbocycles. The highest BCUT2D eigenvalue weighted by atomic mass is 79.9. The van der Waals surface area contributed by atoms with Crippen molar-refractivity contribution in [2.24, 2.45) is 0 Å². The highest BCUT2D eigenvalue weighted by molar-refractivity contribution is 9.09. The van der Waals surface area contributed by atoms with E-state index in [1.807, 2.05) is 24.3 Å². The predicted octanol–water partition coefficient (Wildman–Crippen LogP) is 3.45. The van der Waals surface area contributed by atoms with E-state index in [0.29, 0.717) is 5.88 Å². The molecule has 0 saturated carbocycles. The van der Waals surface area contributed by atoms with E-state index in [1.54, 1.807) is 6.92 Å². The van der Waals surface area contributed by atoms with Gasteiger partial charge < -0.3 is 0 Å². The van der Waals surface area contributed by atoms with Crippen LogP contribution in [0.2, 0.25) is 0 Å². The number of alkyl halides is 2. The summed E-state index contributed by atoms with van der Waals surface area (Å²) in [6.07, 6.45) is 0. The van der Waals surface area contributed by atoms with Crippen LogP contribution in [0, 0.1) is 0 Å². The van der Waals surface area contributed by atoms with Crippen LogP contribution in [-0.4, -0.2) is 5.78 Å². The van der Waals surface area contributed by atoms with Crippen LogP contribution in [0.25, 0.3) is 0 Å². The summed E-state index contributed by atoms with van der Waals surface area (Å²) >= 11 is 9.00. The molecule has 13 heavy (non-hydrogen) atoms. The van der Waals surface area contributed by atoms with E-state index in [9.17, 15) is 4.79 Å². The molecule has 0 amide bonds. The molecular formula is C10H10BrClO. The van der Waals surface area contributed by atoms with Gasteiger partial charge in [0.25, 0.3) is 0 Å². The monoisotopic (exact) mass is 260 g/mol. The third-order valence-corrected chi connectivity index (χ3v) is 3.24. The molecule has 1 nitrogen and oxygen atoms in total. The first-order valence-corrected chi connectivity index (χ1v) is 5.39. The Morgan fingerprint density at radius 1 is 1.62 bits per heavy atom. The van der Waals surface area contributed by atoms with Gasteiger partial charge in [0.15, 0.2) is 0 Å². The molecule has 0 saturated heterocycles. The number of carbonyl (C=O) groups is 1. The summed E-state index contributed by atoms with van der Waals surface area (Å²) in [7, 11) is 0. The van der Waals surface area contributed by atoms with Gasteiger partial charge in [-0.2, -0.15) is 0 Å². The minimum atomic E-state index is -0.212. The first kappa shape index (κ1) is 10.7. The molecule has 0 bridgehead atoms. The van der Waals surface area contributed by atoms with Gasteiger partial charge in [0.05, 0.1) is 4.83 Å². The summed E-state index contributed by atoms with van der Waals surface area (Å²) in [5.41, 5.74) is 2.00. The molecule has 1 aromatic carbocycles. The van der Waals surface area contributed by atoms with Crippen molar-refractivity contribution >= 4 is 33.3 Å². The van der Waals surface area contributed by atoms with Gasteiger partial charge >= 0.3 is 0 Å². The number of ketones is 1. The van der Waals surface area contributed by atoms with E-state index in [4.69, 9.17) is 11.6 Å². The van der Waals surface area contributed by atoms with E-state index >= 15 is 0 Å². The van der Waals surface area contributed by atoms with Gasteiger partial charge in [-0.25, -0.2) is 0 Å². The minimum absolute atomic E-state index is 0.103. The molecule has 0 aliphatic heterocycles. The smallest absolute Gasteiger partial charge is 0.147 e. The second kappa shape index (κ2) is 4.77. The fourth-order valence-corrected chi connectivity index (χ4v) is 1.52. The Morgan fingerprint density at radius 3 is 2.85 bits per heavy atom. The number of benzene rings is 1. The average molecular weight is 262 g/mol. The van der Waals surface area contributed by atoms with Crippen molar-refractivity contribution in [3.05, 3.63) is 35.4 Å². The van der Waals surface area contributed by atoms with E-state index in [1.165, 1.54) is 0 Å². The van der Waals surface area contributed by atoms with Crippen molar-refractivity contribution in [1.82, 2.24) is 0 Å². The summed E-state index contributed by atoms with van der Waals surface area (Å²) in [6.45, 7) is 1.56. The highest BCUT2D eigenvalue weighted by Crippen LogP contribution is 2.24. The van der Waals surface area contributed by atoms with Crippen LogP contribution in [0.1, 0.15) is 22.9 Å². The maximum atomic E-state index is 11.1. The van der Waals surface area contributed by atoms with Gasteiger partial charge in [-0.15, -0.1) is 11.6 Å². The van der Waals surface area contributed by atoms with Gasteiger partial charge in [0.2, 0.25) is 0 Å². The lowest BCUT2D eigenvalue weighted by molar-refractivity contribution is -0.116. The van der Waals surface area contributed by atoms with Crippen LogP contribution in [-0.2, 0) is 10.7 Å². The molecule has 0 aromatic heterocycles. The SMILES string of the molecule is CC(=O)C(Br)c1cccc(CCl)c1. The number of halogens is 2. The maximum absolute atomic E-state index is 11.1. The summed E-state index contributed by atoms with van der Waals surface area (Å²) in [6, 6.07) is 7.70. The van der Waals surface area contributed by atoms with Gasteiger partial charge in [0, 0.05) is 5.88 Å². The van der Waals surface area contributed by atoms with Crippen molar-refractivity contribution in [2.75, 3.05) is 0 Å². The van der Waals surface area contributed by atoms with Gasteiger partial charge in [-0.3, -0.25) is 4.79 Å². The molecule has 70 valence electrons. The molecule has 1 aromatic rings. The molecule has 0 fully saturated rings. The van der Waals surface area contributed by atoms with Crippen LogP contribution in [0.15, 0.2) is 24.3 Å². The second-order valence-electron chi connectivity index (χ2n) is 2.85. The molecule has 0 aliphatic rings. The Bertz CT molecular complexity index is 312. The van der Waals surface area contributed by atoms with Crippen LogP contribution in [0.4, 0.5) is 0 Å². The number of hydrogen-bond donors (Lipinski definition) is 0. The largest absolute Gasteiger partial charge is 0.298 e. The number of hydrogen-bond acceptors (Lipinski definition) is 1. The lowest BCUT2D eigenvalue weighted by Gasteiger charge is -2.06. The van der Waals surface area contributed by atoms with Crippen LogP contribution in [0.5, 0.6) is 0 Å². The molecule has 0 heterocycles. The lowest BCUT2D eigenvalue weighted by atomic mass is 10.1. The van der Waals surface area contributed by atoms with E-state index in [2.05, 4.69) is 15.9 Å². The standard InChI is InChI=1S/C10H10BrClO/c1-7(13)10(11)9-4-2-3-8(5-9)6-12/h2-5,10H,6H2,1H3. The first-order chi connectivity index (χ1) is 6.15. The second-order valence-corrected chi connectivity index (χ2v) is 4.03. The van der Waals surface area contributed by atoms with E-state index in [-0.39, 0.29) is 10.6 Å². The quantitative estimate of drug-likeness (QED) is 0.762. The Morgan fingerprint density at radius 2 is 2.31 bits per heavy atom. The summed E-state index contributed by atoms with van der Waals surface area (Å²) in [5, 5.41) is 0. The zero-order valence-electron chi connectivity index (χ0n) is 7.26. The Kier molecular flexibility index (Phi) is 3.94. The molecule has 0 radical (unpaired) electrons. The fourth-order valence-electron chi connectivity index (χ4n) is 1.07. The fraction of sp³-hybridized carbons (Fsp3) is 0.300. The molecule has 0 spiro atoms. The summed E-state index contributed by atoms with van der Waals surface area (Å²) in [4.78, 5) is 10.9. The first-order valence-electron chi connectivity index (χ1n) is 3.94. The van der Waals surface area contributed by atoms with Crippen molar-refractivity contribution in [2.45, 2.75) is 17.6 Å². The van der Waals surface area contributed by atoms with Crippen molar-refractivity contribution in [3.63, 3.8) is 0 Å². The average Bonchev–Trinajstić information content (AvgIpc) is 2.16. The third kappa shape index (κ3) is 2.82. The van der Waals surface area contributed by atoms with Crippen LogP contribution < -0.4 is 0 Å². The molecular weight excluding hydrogens is 251 g/mol. The summed E-state index contributed by atoms with van der Waals surface area (Å²) < 4.78 is 0. The third-order valence-electron chi connectivity index (χ3n) is 1.75. The molecule has 1 atom stereocenters. The van der Waals surface area contributed by atoms with Gasteiger partial charge in [0.1, 0.15) is 5.78 Å². The number of rotatable bonds is 3. The van der Waals surface area contributed by atoms with Crippen LogP contribution >= 0.6 is 27.5 Å². The molecule has 3 heteroatoms. The topological polar surface area (TPSA) is 17.1 Å². The van der Waals surface area contributed by atoms with E-state index in [0.717, 1.165) is 11.1 Å². The Balaban J connectivity index is 2.94. The molecule has 1 unspecified atom stereocenters. The zero-order chi connectivity index (χ0) is 9.84. The maximum Gasteiger partial charge on any atom is 0.147 e. The lowest BCUT2D eigenvalue weighted by Crippen LogP contribution is -2.01. The minimum Gasteiger partial charge on any atom is -0.298 e. The number of Topliss-reactive ketones (excluding diaryl/α,β-unsaturated/α-hetero) is 1. The molecule has 1 rings (SSSR count). The summed E-state index contributed by atoms with van der Waals surface area (Å²) in [5.74, 6) is 0.581. The van der Waals surface area contributed by atoms with Crippen LogP contribution in [0.3, 0.4) is 0 Å². The van der Waals surface area contributed by atoms with Crippen molar-refractivity contribution in [3.8, 4) is 0 Å². The van der Waals surface area contributed by atoms with Gasteiger partial charge in [-0.05, 0) is 18.1 Å². The zero-order valence-corrected chi connectivity index (χ0v) is 9.60. The Labute approximate surface area is 91.2 Å². The van der Waals surface area contributed by atoms with Crippen molar-refractivity contribution < 1.29 is 4.79 Å². The van der Waals surface area contributed by atoms with Crippen molar-refractivity contribution in [1.29, 1.82) is 0 Å². The Hall–Kier alpha value is -0.340. The van der Waals surface area contributed by atoms with Gasteiger partial charge in [-0.1, -0.05) is 40.2 Å². The number of carbonyl (C=O) groups excluding carboxylic acids is 1. The normalized spacial score (nSPS) is 12.5.